The predicted molar refractivity (Wildman–Crippen MR) is 83.6 cm³/mol. The molecule has 1 saturated heterocycles. The lowest BCUT2D eigenvalue weighted by atomic mass is 10.1. The monoisotopic (exact) mass is 312 g/mol. The van der Waals surface area contributed by atoms with Crippen molar-refractivity contribution in [3.05, 3.63) is 22.7 Å². The fourth-order valence-electron chi connectivity index (χ4n) is 2.28. The number of hydrogen-bond donors (Lipinski definition) is 2. The Morgan fingerprint density at radius 3 is 2.81 bits per heavy atom. The van der Waals surface area contributed by atoms with Crippen molar-refractivity contribution in [2.75, 3.05) is 46.1 Å². The van der Waals surface area contributed by atoms with Gasteiger partial charge in [0.05, 0.1) is 23.4 Å². The molecule has 116 valence electrons. The second-order valence-electron chi connectivity index (χ2n) is 5.16. The molecular weight excluding hydrogens is 292 g/mol. The molecule has 7 heteroatoms. The Bertz CT molecular complexity index is 524. The summed E-state index contributed by atoms with van der Waals surface area (Å²) in [4.78, 5) is 14.6. The zero-order valence-corrected chi connectivity index (χ0v) is 13.1. The zero-order chi connectivity index (χ0) is 15.4. The van der Waals surface area contributed by atoms with Crippen LogP contribution in [-0.4, -0.2) is 56.2 Å². The first kappa shape index (κ1) is 15.9. The predicted octanol–water partition coefficient (Wildman–Crippen LogP) is 1.21. The molecule has 0 spiro atoms. The van der Waals surface area contributed by atoms with Gasteiger partial charge in [0.2, 0.25) is 0 Å². The Morgan fingerprint density at radius 1 is 1.33 bits per heavy atom. The Hall–Kier alpha value is -1.50. The minimum atomic E-state index is -0.238. The SMILES string of the molecule is COc1cc(N)c(Cl)cc1C(=O)NN1CCCN(C)CC1. The van der Waals surface area contributed by atoms with E-state index in [1.54, 1.807) is 6.07 Å². The average Bonchev–Trinajstić information content (AvgIpc) is 2.66. The standard InChI is InChI=1S/C14H21ClN4O2/c1-18-4-3-5-19(7-6-18)17-14(20)10-8-11(15)12(16)9-13(10)21-2/h8-9H,3-7,16H2,1-2H3,(H,17,20). The van der Waals surface area contributed by atoms with Gasteiger partial charge in [-0.25, -0.2) is 5.01 Å². The van der Waals surface area contributed by atoms with Gasteiger partial charge in [-0.2, -0.15) is 0 Å². The minimum absolute atomic E-state index is 0.238. The number of carbonyl (C=O) groups excluding carboxylic acids is 1. The lowest BCUT2D eigenvalue weighted by Gasteiger charge is -2.22. The van der Waals surface area contributed by atoms with Crippen LogP contribution in [0.3, 0.4) is 0 Å². The van der Waals surface area contributed by atoms with Crippen LogP contribution in [0, 0.1) is 0 Å². The summed E-state index contributed by atoms with van der Waals surface area (Å²) < 4.78 is 5.21. The Labute approximate surface area is 129 Å². The summed E-state index contributed by atoms with van der Waals surface area (Å²) in [5.74, 6) is 0.180. The van der Waals surface area contributed by atoms with E-state index in [1.165, 1.54) is 13.2 Å². The first-order valence-electron chi connectivity index (χ1n) is 6.88. The van der Waals surface area contributed by atoms with Gasteiger partial charge in [0.25, 0.3) is 5.91 Å². The number of rotatable bonds is 3. The molecule has 0 atom stereocenters. The molecule has 6 nitrogen and oxygen atoms in total. The van der Waals surface area contributed by atoms with Crippen LogP contribution in [0.5, 0.6) is 5.75 Å². The maximum atomic E-state index is 12.4. The van der Waals surface area contributed by atoms with Gasteiger partial charge in [0, 0.05) is 25.7 Å². The molecule has 0 aromatic heterocycles. The van der Waals surface area contributed by atoms with Crippen LogP contribution < -0.4 is 15.9 Å². The first-order valence-corrected chi connectivity index (χ1v) is 7.26. The van der Waals surface area contributed by atoms with Crippen molar-refractivity contribution in [3.8, 4) is 5.75 Å². The van der Waals surface area contributed by atoms with Crippen molar-refractivity contribution in [1.29, 1.82) is 0 Å². The summed E-state index contributed by atoms with van der Waals surface area (Å²) in [6, 6.07) is 3.10. The van der Waals surface area contributed by atoms with E-state index >= 15 is 0 Å². The van der Waals surface area contributed by atoms with Crippen LogP contribution in [-0.2, 0) is 0 Å². The number of nitrogens with zero attached hydrogens (tertiary/aromatic N) is 2. The van der Waals surface area contributed by atoms with Crippen LogP contribution >= 0.6 is 11.6 Å². The molecule has 3 N–H and O–H groups in total. The zero-order valence-electron chi connectivity index (χ0n) is 12.4. The van der Waals surface area contributed by atoms with Crippen LogP contribution in [0.25, 0.3) is 0 Å². The number of likely N-dealkylation sites (N-methyl/N-ethyl adjacent to an activating group) is 1. The third-order valence-corrected chi connectivity index (χ3v) is 3.87. The molecule has 0 unspecified atom stereocenters. The van der Waals surface area contributed by atoms with E-state index in [0.717, 1.165) is 32.6 Å². The number of hydrogen-bond acceptors (Lipinski definition) is 5. The summed E-state index contributed by atoms with van der Waals surface area (Å²) in [5, 5.41) is 2.27. The van der Waals surface area contributed by atoms with Gasteiger partial charge in [-0.15, -0.1) is 0 Å². The number of nitrogen functional groups attached to an aromatic ring is 1. The van der Waals surface area contributed by atoms with E-state index in [-0.39, 0.29) is 5.91 Å². The molecule has 1 aliphatic rings. The molecule has 1 aromatic rings. The number of methoxy groups -OCH3 is 1. The molecule has 1 aromatic carbocycles. The van der Waals surface area contributed by atoms with Gasteiger partial charge in [-0.1, -0.05) is 11.6 Å². The highest BCUT2D eigenvalue weighted by molar-refractivity contribution is 6.33. The maximum Gasteiger partial charge on any atom is 0.269 e. The highest BCUT2D eigenvalue weighted by Crippen LogP contribution is 2.28. The molecule has 0 bridgehead atoms. The molecule has 0 saturated carbocycles. The molecule has 1 aliphatic heterocycles. The minimum Gasteiger partial charge on any atom is -0.496 e. The van der Waals surface area contributed by atoms with E-state index in [4.69, 9.17) is 22.1 Å². The van der Waals surface area contributed by atoms with Gasteiger partial charge in [-0.3, -0.25) is 10.2 Å². The molecule has 0 radical (unpaired) electrons. The smallest absolute Gasteiger partial charge is 0.269 e. The fourth-order valence-corrected chi connectivity index (χ4v) is 2.44. The quantitative estimate of drug-likeness (QED) is 0.821. The maximum absolute atomic E-state index is 12.4. The summed E-state index contributed by atoms with van der Waals surface area (Å²) in [7, 11) is 3.58. The van der Waals surface area contributed by atoms with Crippen LogP contribution in [0.4, 0.5) is 5.69 Å². The third kappa shape index (κ3) is 4.00. The van der Waals surface area contributed by atoms with Gasteiger partial charge in [0.1, 0.15) is 5.75 Å². The molecular formula is C14H21ClN4O2. The normalized spacial score (nSPS) is 17.3. The van der Waals surface area contributed by atoms with Crippen molar-refractivity contribution in [3.63, 3.8) is 0 Å². The van der Waals surface area contributed by atoms with Crippen molar-refractivity contribution >= 4 is 23.2 Å². The topological polar surface area (TPSA) is 70.8 Å². The Kier molecular flexibility index (Phi) is 5.27. The first-order chi connectivity index (χ1) is 10.0. The molecule has 1 fully saturated rings. The van der Waals surface area contributed by atoms with E-state index < -0.39 is 0 Å². The van der Waals surface area contributed by atoms with Crippen molar-refractivity contribution in [2.45, 2.75) is 6.42 Å². The second-order valence-corrected chi connectivity index (χ2v) is 5.57. The highest BCUT2D eigenvalue weighted by Gasteiger charge is 2.19. The van der Waals surface area contributed by atoms with Crippen LogP contribution in [0.2, 0.25) is 5.02 Å². The number of nitrogens with one attached hydrogen (secondary N) is 1. The van der Waals surface area contributed by atoms with E-state index in [1.807, 2.05) is 5.01 Å². The van der Waals surface area contributed by atoms with Crippen LogP contribution in [0.1, 0.15) is 16.8 Å². The largest absolute Gasteiger partial charge is 0.496 e. The van der Waals surface area contributed by atoms with Crippen molar-refractivity contribution < 1.29 is 9.53 Å². The lowest BCUT2D eigenvalue weighted by Crippen LogP contribution is -2.44. The summed E-state index contributed by atoms with van der Waals surface area (Å²) in [6.07, 6.45) is 1.01. The fraction of sp³-hybridized carbons (Fsp3) is 0.500. The van der Waals surface area contributed by atoms with E-state index in [0.29, 0.717) is 22.0 Å². The number of halogens is 1. The van der Waals surface area contributed by atoms with E-state index in [9.17, 15) is 4.79 Å². The van der Waals surface area contributed by atoms with Gasteiger partial charge < -0.3 is 15.4 Å². The number of ether oxygens (including phenoxy) is 1. The molecule has 2 rings (SSSR count). The van der Waals surface area contributed by atoms with E-state index in [2.05, 4.69) is 17.4 Å². The molecule has 0 aliphatic carbocycles. The number of carbonyl (C=O) groups is 1. The van der Waals surface area contributed by atoms with Crippen LogP contribution in [0.15, 0.2) is 12.1 Å². The number of anilines is 1. The Morgan fingerprint density at radius 2 is 2.10 bits per heavy atom. The average molecular weight is 313 g/mol. The highest BCUT2D eigenvalue weighted by atomic mass is 35.5. The summed E-state index contributed by atoms with van der Waals surface area (Å²) in [6.45, 7) is 3.55. The number of hydrazine groups is 1. The molecule has 1 heterocycles. The summed E-state index contributed by atoms with van der Waals surface area (Å²) >= 11 is 5.99. The van der Waals surface area contributed by atoms with Crippen molar-refractivity contribution in [2.24, 2.45) is 0 Å². The second kappa shape index (κ2) is 6.98. The van der Waals surface area contributed by atoms with Gasteiger partial charge >= 0.3 is 0 Å². The molecule has 1 amide bonds. The number of amides is 1. The Balaban J connectivity index is 2.11. The number of benzene rings is 1. The molecule has 21 heavy (non-hydrogen) atoms. The van der Waals surface area contributed by atoms with Gasteiger partial charge in [-0.05, 0) is 26.1 Å². The van der Waals surface area contributed by atoms with Gasteiger partial charge in [0.15, 0.2) is 0 Å². The van der Waals surface area contributed by atoms with Crippen molar-refractivity contribution in [1.82, 2.24) is 15.3 Å². The lowest BCUT2D eigenvalue weighted by molar-refractivity contribution is 0.0792. The summed E-state index contributed by atoms with van der Waals surface area (Å²) in [5.41, 5.74) is 9.41. The number of nitrogens with two attached hydrogens (primary N) is 1. The third-order valence-electron chi connectivity index (χ3n) is 3.54.